The monoisotopic (exact) mass is 446 g/mol. The predicted molar refractivity (Wildman–Crippen MR) is 119 cm³/mol. The number of carbonyl (C=O) groups is 2. The number of amides is 1. The fourth-order valence-electron chi connectivity index (χ4n) is 3.20. The number of hydrogen-bond donors (Lipinski definition) is 1. The van der Waals surface area contributed by atoms with Crippen LogP contribution >= 0.6 is 11.8 Å². The van der Waals surface area contributed by atoms with Crippen molar-refractivity contribution in [1.82, 2.24) is 10.2 Å². The van der Waals surface area contributed by atoms with E-state index < -0.39 is 11.9 Å². The van der Waals surface area contributed by atoms with Gasteiger partial charge in [-0.2, -0.15) is 5.10 Å². The number of esters is 1. The van der Waals surface area contributed by atoms with E-state index in [-0.39, 0.29) is 17.1 Å². The molecule has 3 rings (SSSR count). The maximum atomic E-state index is 11.8. The molecule has 2 aliphatic rings. The first-order valence-electron chi connectivity index (χ1n) is 9.93. The molecule has 0 aliphatic carbocycles. The Bertz CT molecular complexity index is 874. The third kappa shape index (κ3) is 7.20. The summed E-state index contributed by atoms with van der Waals surface area (Å²) >= 11 is 1.03. The van der Waals surface area contributed by atoms with E-state index in [0.29, 0.717) is 11.8 Å². The van der Waals surface area contributed by atoms with Gasteiger partial charge in [0, 0.05) is 25.7 Å². The van der Waals surface area contributed by atoms with Gasteiger partial charge in [0.2, 0.25) is 0 Å². The molecule has 1 N–H and O–H groups in total. The molecule has 0 saturated carbocycles. The van der Waals surface area contributed by atoms with E-state index in [9.17, 15) is 9.59 Å². The van der Waals surface area contributed by atoms with Gasteiger partial charge in [-0.15, -0.1) is 5.10 Å². The van der Waals surface area contributed by atoms with Crippen molar-refractivity contribution in [1.29, 1.82) is 0 Å². The van der Waals surface area contributed by atoms with Gasteiger partial charge in [0.15, 0.2) is 5.17 Å². The Morgan fingerprint density at radius 1 is 1.29 bits per heavy atom. The Labute approximate surface area is 185 Å². The number of nitrogens with one attached hydrogen (secondary N) is 1. The first-order valence-corrected chi connectivity index (χ1v) is 10.7. The van der Waals surface area contributed by atoms with Gasteiger partial charge >= 0.3 is 5.97 Å². The van der Waals surface area contributed by atoms with Crippen LogP contribution in [0.3, 0.4) is 0 Å². The SMILES string of the molecule is COC(=O)/C=C1/S/C(=N\N=Cc2ccc(OCCN3CC(C)OC(C)C3)cc2)NC1=O. The van der Waals surface area contributed by atoms with Crippen LogP contribution in [0.25, 0.3) is 0 Å². The Kier molecular flexibility index (Phi) is 8.21. The summed E-state index contributed by atoms with van der Waals surface area (Å²) in [5.74, 6) is -0.223. The molecule has 0 radical (unpaired) electrons. The number of hydrogen-bond acceptors (Lipinski definition) is 9. The lowest BCUT2D eigenvalue weighted by Crippen LogP contribution is -2.46. The molecule has 9 nitrogen and oxygen atoms in total. The largest absolute Gasteiger partial charge is 0.492 e. The molecule has 2 fully saturated rings. The molecule has 2 heterocycles. The normalized spacial score (nSPS) is 24.7. The molecule has 0 bridgehead atoms. The van der Waals surface area contributed by atoms with Gasteiger partial charge in [0.25, 0.3) is 5.91 Å². The van der Waals surface area contributed by atoms with Crippen LogP contribution in [0, 0.1) is 0 Å². The average Bonchev–Trinajstić information content (AvgIpc) is 3.07. The van der Waals surface area contributed by atoms with Gasteiger partial charge < -0.3 is 14.2 Å². The maximum Gasteiger partial charge on any atom is 0.331 e. The highest BCUT2D eigenvalue weighted by Crippen LogP contribution is 2.23. The summed E-state index contributed by atoms with van der Waals surface area (Å²) in [6.07, 6.45) is 3.18. The van der Waals surface area contributed by atoms with Crippen LogP contribution in [0.5, 0.6) is 5.75 Å². The minimum atomic E-state index is -0.598. The Morgan fingerprint density at radius 3 is 2.68 bits per heavy atom. The molecule has 0 spiro atoms. The molecule has 1 aromatic rings. The van der Waals surface area contributed by atoms with Gasteiger partial charge in [-0.05, 0) is 55.4 Å². The summed E-state index contributed by atoms with van der Waals surface area (Å²) in [5.41, 5.74) is 0.840. The van der Waals surface area contributed by atoms with E-state index in [4.69, 9.17) is 9.47 Å². The van der Waals surface area contributed by atoms with Gasteiger partial charge in [0.05, 0.1) is 30.4 Å². The maximum absolute atomic E-state index is 11.8. The number of ether oxygens (including phenoxy) is 3. The first kappa shape index (κ1) is 23.0. The number of methoxy groups -OCH3 is 1. The van der Waals surface area contributed by atoms with E-state index in [1.54, 1.807) is 6.21 Å². The summed E-state index contributed by atoms with van der Waals surface area (Å²) in [7, 11) is 1.25. The molecule has 0 aromatic heterocycles. The fraction of sp³-hybridized carbons (Fsp3) is 0.429. The fourth-order valence-corrected chi connectivity index (χ4v) is 3.94. The highest BCUT2D eigenvalue weighted by Gasteiger charge is 2.25. The zero-order chi connectivity index (χ0) is 22.2. The van der Waals surface area contributed by atoms with E-state index in [2.05, 4.69) is 39.0 Å². The summed E-state index contributed by atoms with van der Waals surface area (Å²) in [6, 6.07) is 7.51. The Hall–Kier alpha value is -2.69. The number of thioether (sulfide) groups is 1. The van der Waals surface area contributed by atoms with Crippen molar-refractivity contribution >= 4 is 35.0 Å². The predicted octanol–water partition coefficient (Wildman–Crippen LogP) is 1.78. The molecular weight excluding hydrogens is 420 g/mol. The second kappa shape index (κ2) is 11.1. The molecular formula is C21H26N4O5S. The van der Waals surface area contributed by atoms with Crippen LogP contribution < -0.4 is 10.1 Å². The Balaban J connectivity index is 1.45. The van der Waals surface area contributed by atoms with Crippen molar-refractivity contribution in [3.05, 3.63) is 40.8 Å². The van der Waals surface area contributed by atoms with Crippen molar-refractivity contribution in [3.8, 4) is 5.75 Å². The number of morpholine rings is 1. The average molecular weight is 447 g/mol. The topological polar surface area (TPSA) is 102 Å². The van der Waals surface area contributed by atoms with E-state index in [0.717, 1.165) is 48.8 Å². The molecule has 1 aromatic carbocycles. The number of benzene rings is 1. The molecule has 2 aliphatic heterocycles. The van der Waals surface area contributed by atoms with E-state index in [1.807, 2.05) is 24.3 Å². The standard InChI is InChI=1S/C21H26N4O5S/c1-14-12-25(13-15(2)30-14)8-9-29-17-6-4-16(5-7-17)11-22-24-21-23-20(27)18(31-21)10-19(26)28-3/h4-7,10-11,14-15H,8-9,12-13H2,1-3H3,(H,23,24,27)/b18-10+,22-11?. The highest BCUT2D eigenvalue weighted by atomic mass is 32.2. The van der Waals surface area contributed by atoms with Crippen LogP contribution in [0.1, 0.15) is 19.4 Å². The van der Waals surface area contributed by atoms with Crippen LogP contribution in [0.2, 0.25) is 0 Å². The zero-order valence-corrected chi connectivity index (χ0v) is 18.6. The zero-order valence-electron chi connectivity index (χ0n) is 17.7. The lowest BCUT2D eigenvalue weighted by molar-refractivity contribution is -0.135. The van der Waals surface area contributed by atoms with Crippen molar-refractivity contribution in [2.24, 2.45) is 10.2 Å². The molecule has 2 atom stereocenters. The van der Waals surface area contributed by atoms with Crippen LogP contribution in [-0.2, 0) is 19.1 Å². The van der Waals surface area contributed by atoms with Gasteiger partial charge in [-0.25, -0.2) is 4.79 Å². The van der Waals surface area contributed by atoms with Crippen LogP contribution in [0.15, 0.2) is 45.4 Å². The lowest BCUT2D eigenvalue weighted by atomic mass is 10.2. The summed E-state index contributed by atoms with van der Waals surface area (Å²) < 4.78 is 16.1. The number of rotatable bonds is 7. The minimum Gasteiger partial charge on any atom is -0.492 e. The van der Waals surface area contributed by atoms with Crippen molar-refractivity contribution < 1.29 is 23.8 Å². The third-order valence-corrected chi connectivity index (χ3v) is 5.41. The minimum absolute atomic E-state index is 0.211. The molecule has 2 saturated heterocycles. The Morgan fingerprint density at radius 2 is 2.00 bits per heavy atom. The molecule has 10 heteroatoms. The first-order chi connectivity index (χ1) is 14.9. The molecule has 2 unspecified atom stereocenters. The number of carbonyl (C=O) groups excluding carboxylic acids is 2. The molecule has 31 heavy (non-hydrogen) atoms. The summed E-state index contributed by atoms with van der Waals surface area (Å²) in [4.78, 5) is 25.6. The molecule has 1 amide bonds. The van der Waals surface area contributed by atoms with Crippen LogP contribution in [0.4, 0.5) is 0 Å². The van der Waals surface area contributed by atoms with Crippen LogP contribution in [-0.4, -0.2) is 73.7 Å². The van der Waals surface area contributed by atoms with Gasteiger partial charge in [-0.1, -0.05) is 0 Å². The lowest BCUT2D eigenvalue weighted by Gasteiger charge is -2.35. The van der Waals surface area contributed by atoms with Crippen molar-refractivity contribution in [2.45, 2.75) is 26.1 Å². The van der Waals surface area contributed by atoms with Gasteiger partial charge in [0.1, 0.15) is 12.4 Å². The second-order valence-corrected chi connectivity index (χ2v) is 8.20. The third-order valence-electron chi connectivity index (χ3n) is 4.51. The number of amidine groups is 1. The van der Waals surface area contributed by atoms with Crippen molar-refractivity contribution in [2.75, 3.05) is 33.4 Å². The van der Waals surface area contributed by atoms with Gasteiger partial charge in [-0.3, -0.25) is 15.0 Å². The highest BCUT2D eigenvalue weighted by molar-refractivity contribution is 8.18. The van der Waals surface area contributed by atoms with E-state index >= 15 is 0 Å². The van der Waals surface area contributed by atoms with E-state index in [1.165, 1.54) is 7.11 Å². The van der Waals surface area contributed by atoms with Crippen molar-refractivity contribution in [3.63, 3.8) is 0 Å². The summed E-state index contributed by atoms with van der Waals surface area (Å²) in [6.45, 7) is 7.49. The number of nitrogens with zero attached hydrogens (tertiary/aromatic N) is 3. The molecule has 166 valence electrons. The summed E-state index contributed by atoms with van der Waals surface area (Å²) in [5, 5.41) is 10.8. The smallest absolute Gasteiger partial charge is 0.331 e. The quantitative estimate of drug-likeness (QED) is 0.295. The second-order valence-electron chi connectivity index (χ2n) is 7.17.